The van der Waals surface area contributed by atoms with Crippen LogP contribution in [0, 0.1) is 5.41 Å². The second kappa shape index (κ2) is 12.9. The molecule has 1 N–H and O–H groups in total. The van der Waals surface area contributed by atoms with Crippen molar-refractivity contribution in [1.82, 2.24) is 0 Å². The maximum Gasteiger partial charge on any atom is 0.0819 e. The van der Waals surface area contributed by atoms with E-state index >= 15 is 0 Å². The Balaban J connectivity index is 4.38. The molecule has 0 bridgehead atoms. The summed E-state index contributed by atoms with van der Waals surface area (Å²) in [5.41, 5.74) is 0.567. The van der Waals surface area contributed by atoms with Crippen LogP contribution in [0.25, 0.3) is 0 Å². The molecular weight excluding hydrogens is 236 g/mol. The molecule has 0 rings (SSSR count). The van der Waals surface area contributed by atoms with Crippen molar-refractivity contribution < 1.29 is 10.1 Å². The van der Waals surface area contributed by atoms with Gasteiger partial charge in [-0.3, -0.25) is 5.26 Å². The van der Waals surface area contributed by atoms with E-state index in [1.807, 2.05) is 0 Å². The molecular formula is C17H36O2. The van der Waals surface area contributed by atoms with E-state index in [1.54, 1.807) is 0 Å². The lowest BCUT2D eigenvalue weighted by molar-refractivity contribution is -0.243. The highest BCUT2D eigenvalue weighted by molar-refractivity contribution is 4.79. The van der Waals surface area contributed by atoms with Gasteiger partial charge in [0.05, 0.1) is 6.61 Å². The second-order valence-electron chi connectivity index (χ2n) is 6.10. The summed E-state index contributed by atoms with van der Waals surface area (Å²) < 4.78 is 0. The molecule has 0 atom stereocenters. The molecule has 0 unspecified atom stereocenters. The number of rotatable bonds is 14. The molecule has 0 aliphatic carbocycles. The molecule has 0 heterocycles. The van der Waals surface area contributed by atoms with Crippen LogP contribution in [0.3, 0.4) is 0 Å². The normalized spacial score (nSPS) is 12.0. The summed E-state index contributed by atoms with van der Waals surface area (Å²) in [4.78, 5) is 4.20. The zero-order valence-electron chi connectivity index (χ0n) is 13.5. The lowest BCUT2D eigenvalue weighted by atomic mass is 9.71. The molecule has 0 spiro atoms. The third-order valence-corrected chi connectivity index (χ3v) is 4.37. The highest BCUT2D eigenvalue weighted by Crippen LogP contribution is 2.41. The molecule has 2 heteroatoms. The smallest absolute Gasteiger partial charge is 0.0819 e. The average molecular weight is 272 g/mol. The molecule has 0 aromatic heterocycles. The molecule has 0 aliphatic rings. The molecule has 0 aromatic rings. The van der Waals surface area contributed by atoms with E-state index in [0.717, 1.165) is 6.42 Å². The van der Waals surface area contributed by atoms with Gasteiger partial charge in [-0.1, -0.05) is 65.7 Å². The van der Waals surface area contributed by atoms with Crippen LogP contribution in [0.15, 0.2) is 0 Å². The summed E-state index contributed by atoms with van der Waals surface area (Å²) in [6, 6.07) is 0. The Labute approximate surface area is 120 Å². The highest BCUT2D eigenvalue weighted by Gasteiger charge is 2.27. The minimum absolute atomic E-state index is 0.491. The third-order valence-electron chi connectivity index (χ3n) is 4.37. The van der Waals surface area contributed by atoms with E-state index in [9.17, 15) is 0 Å². The fourth-order valence-corrected chi connectivity index (χ4v) is 3.07. The first-order chi connectivity index (χ1) is 9.24. The van der Waals surface area contributed by atoms with E-state index in [-0.39, 0.29) is 0 Å². The monoisotopic (exact) mass is 272 g/mol. The predicted molar refractivity (Wildman–Crippen MR) is 83.4 cm³/mol. The SMILES string of the molecule is CCCCC(CCCC)(CCCC)CCCCOO. The maximum atomic E-state index is 8.42. The third kappa shape index (κ3) is 9.45. The van der Waals surface area contributed by atoms with Crippen LogP contribution in [0.2, 0.25) is 0 Å². The number of unbranched alkanes of at least 4 members (excludes halogenated alkanes) is 4. The van der Waals surface area contributed by atoms with Gasteiger partial charge < -0.3 is 0 Å². The van der Waals surface area contributed by atoms with Crippen molar-refractivity contribution in [2.45, 2.75) is 97.8 Å². The van der Waals surface area contributed by atoms with Crippen molar-refractivity contribution in [1.29, 1.82) is 0 Å². The Bertz CT molecular complexity index is 158. The molecule has 116 valence electrons. The molecule has 19 heavy (non-hydrogen) atoms. The summed E-state index contributed by atoms with van der Waals surface area (Å²) in [7, 11) is 0. The van der Waals surface area contributed by atoms with Gasteiger partial charge in [0.2, 0.25) is 0 Å². The summed E-state index contributed by atoms with van der Waals surface area (Å²) in [6.07, 6.45) is 15.7. The molecule has 2 nitrogen and oxygen atoms in total. The Kier molecular flexibility index (Phi) is 12.9. The second-order valence-corrected chi connectivity index (χ2v) is 6.10. The fraction of sp³-hybridized carbons (Fsp3) is 1.00. The quantitative estimate of drug-likeness (QED) is 0.231. The zero-order valence-corrected chi connectivity index (χ0v) is 13.5. The minimum atomic E-state index is 0.491. The van der Waals surface area contributed by atoms with Crippen molar-refractivity contribution in [2.75, 3.05) is 6.61 Å². The lowest BCUT2D eigenvalue weighted by Crippen LogP contribution is -2.21. The van der Waals surface area contributed by atoms with E-state index in [0.29, 0.717) is 12.0 Å². The van der Waals surface area contributed by atoms with Gasteiger partial charge in [-0.05, 0) is 37.5 Å². The van der Waals surface area contributed by atoms with Crippen LogP contribution >= 0.6 is 0 Å². The van der Waals surface area contributed by atoms with E-state index < -0.39 is 0 Å². The van der Waals surface area contributed by atoms with Gasteiger partial charge in [0.25, 0.3) is 0 Å². The van der Waals surface area contributed by atoms with Gasteiger partial charge in [-0.2, -0.15) is 0 Å². The highest BCUT2D eigenvalue weighted by atomic mass is 17.1. The molecule has 0 saturated carbocycles. The summed E-state index contributed by atoms with van der Waals surface area (Å²) in [5.74, 6) is 0. The Hall–Kier alpha value is -0.0800. The van der Waals surface area contributed by atoms with Crippen LogP contribution < -0.4 is 0 Å². The van der Waals surface area contributed by atoms with Crippen molar-refractivity contribution in [3.8, 4) is 0 Å². The van der Waals surface area contributed by atoms with Crippen molar-refractivity contribution in [2.24, 2.45) is 5.41 Å². The van der Waals surface area contributed by atoms with Gasteiger partial charge in [0, 0.05) is 0 Å². The van der Waals surface area contributed by atoms with Gasteiger partial charge in [0.1, 0.15) is 0 Å². The number of hydrogen-bond donors (Lipinski definition) is 1. The van der Waals surface area contributed by atoms with E-state index in [4.69, 9.17) is 5.26 Å². The van der Waals surface area contributed by atoms with Crippen LogP contribution in [-0.2, 0) is 4.89 Å². The standard InChI is InChI=1S/C17H36O2/c1-4-7-12-17(13-8-5-2,14-9-6-3)15-10-11-16-19-18/h18H,4-16H2,1-3H3. The molecule has 0 aromatic carbocycles. The summed E-state index contributed by atoms with van der Waals surface area (Å²) in [5, 5.41) is 8.42. The largest absolute Gasteiger partial charge is 0.252 e. The molecule has 0 radical (unpaired) electrons. The van der Waals surface area contributed by atoms with Crippen LogP contribution in [-0.4, -0.2) is 11.9 Å². The molecule has 0 saturated heterocycles. The van der Waals surface area contributed by atoms with Gasteiger partial charge in [-0.25, -0.2) is 4.89 Å². The summed E-state index contributed by atoms with van der Waals surface area (Å²) in [6.45, 7) is 7.38. The van der Waals surface area contributed by atoms with Crippen molar-refractivity contribution >= 4 is 0 Å². The van der Waals surface area contributed by atoms with Gasteiger partial charge >= 0.3 is 0 Å². The lowest BCUT2D eigenvalue weighted by Gasteiger charge is -2.35. The zero-order chi connectivity index (χ0) is 14.4. The molecule has 0 aliphatic heterocycles. The average Bonchev–Trinajstić information content (AvgIpc) is 2.44. The van der Waals surface area contributed by atoms with Crippen LogP contribution in [0.1, 0.15) is 97.8 Å². The first-order valence-electron chi connectivity index (χ1n) is 8.51. The van der Waals surface area contributed by atoms with Gasteiger partial charge in [-0.15, -0.1) is 0 Å². The van der Waals surface area contributed by atoms with Crippen LogP contribution in [0.4, 0.5) is 0 Å². The minimum Gasteiger partial charge on any atom is -0.252 e. The van der Waals surface area contributed by atoms with Crippen LogP contribution in [0.5, 0.6) is 0 Å². The maximum absolute atomic E-state index is 8.42. The Morgan fingerprint density at radius 1 is 0.684 bits per heavy atom. The number of hydrogen-bond acceptors (Lipinski definition) is 2. The Morgan fingerprint density at radius 2 is 1.11 bits per heavy atom. The van der Waals surface area contributed by atoms with E-state index in [1.165, 1.54) is 70.6 Å². The molecule has 0 fully saturated rings. The predicted octanol–water partition coefficient (Wildman–Crippen LogP) is 6.20. The van der Waals surface area contributed by atoms with Crippen molar-refractivity contribution in [3.05, 3.63) is 0 Å². The Morgan fingerprint density at radius 3 is 1.47 bits per heavy atom. The first-order valence-corrected chi connectivity index (χ1v) is 8.51. The van der Waals surface area contributed by atoms with E-state index in [2.05, 4.69) is 25.7 Å². The fourth-order valence-electron chi connectivity index (χ4n) is 3.07. The van der Waals surface area contributed by atoms with Crippen molar-refractivity contribution in [3.63, 3.8) is 0 Å². The summed E-state index contributed by atoms with van der Waals surface area (Å²) >= 11 is 0. The molecule has 0 amide bonds. The first kappa shape index (κ1) is 18.9. The van der Waals surface area contributed by atoms with Gasteiger partial charge in [0.15, 0.2) is 0 Å². The topological polar surface area (TPSA) is 29.5 Å².